The van der Waals surface area contributed by atoms with Crippen LogP contribution in [-0.4, -0.2) is 16.9 Å². The highest BCUT2D eigenvalue weighted by molar-refractivity contribution is 9.10. The molecule has 0 saturated heterocycles. The third-order valence-electron chi connectivity index (χ3n) is 4.94. The largest absolute Gasteiger partial charge is 0.493 e. The zero-order valence-corrected chi connectivity index (χ0v) is 18.9. The van der Waals surface area contributed by atoms with Crippen molar-refractivity contribution in [3.8, 4) is 17.2 Å². The molecule has 32 heavy (non-hydrogen) atoms. The van der Waals surface area contributed by atoms with E-state index in [0.717, 1.165) is 5.69 Å². The van der Waals surface area contributed by atoms with Gasteiger partial charge in [-0.25, -0.2) is 9.07 Å². The van der Waals surface area contributed by atoms with Gasteiger partial charge in [-0.2, -0.15) is 0 Å². The van der Waals surface area contributed by atoms with Gasteiger partial charge in [0.15, 0.2) is 11.5 Å². The summed E-state index contributed by atoms with van der Waals surface area (Å²) in [6.07, 6.45) is 1.73. The molecule has 0 amide bonds. The normalized spacial score (nSPS) is 11.5. The van der Waals surface area contributed by atoms with E-state index in [1.165, 1.54) is 17.9 Å². The van der Waals surface area contributed by atoms with Crippen molar-refractivity contribution < 1.29 is 13.9 Å². The molecule has 3 aromatic carbocycles. The molecule has 1 N–H and O–H groups in total. The smallest absolute Gasteiger partial charge is 0.279 e. The third kappa shape index (κ3) is 4.38. The molecule has 0 aliphatic heterocycles. The van der Waals surface area contributed by atoms with Crippen LogP contribution in [0.1, 0.15) is 11.1 Å². The van der Waals surface area contributed by atoms with E-state index in [1.807, 2.05) is 30.3 Å². The molecule has 0 bridgehead atoms. The molecule has 1 heterocycles. The van der Waals surface area contributed by atoms with Gasteiger partial charge in [0.2, 0.25) is 0 Å². The number of para-hydroxylation sites is 1. The molecule has 1 aromatic heterocycles. The zero-order chi connectivity index (χ0) is 22.7. The number of halogens is 2. The lowest BCUT2D eigenvalue weighted by Crippen LogP contribution is -2.34. The quantitative estimate of drug-likeness (QED) is 0.442. The maximum Gasteiger partial charge on any atom is 0.279 e. The first-order valence-corrected chi connectivity index (χ1v) is 10.6. The van der Waals surface area contributed by atoms with Crippen molar-refractivity contribution in [1.82, 2.24) is 9.78 Å². The van der Waals surface area contributed by atoms with Crippen molar-refractivity contribution in [3.05, 3.63) is 109 Å². The molecule has 5 nitrogen and oxygen atoms in total. The Hall–Kier alpha value is -3.58. The topological polar surface area (TPSA) is 56.2 Å². The van der Waals surface area contributed by atoms with Crippen LogP contribution in [0, 0.1) is 5.82 Å². The van der Waals surface area contributed by atoms with Gasteiger partial charge in [-0.15, -0.1) is 0 Å². The van der Waals surface area contributed by atoms with Crippen LogP contribution in [0.25, 0.3) is 18.3 Å². The molecule has 0 spiro atoms. The number of H-pyrrole nitrogens is 1. The molecule has 0 unspecified atom stereocenters. The summed E-state index contributed by atoms with van der Waals surface area (Å²) in [5.74, 6) is 0.575. The fourth-order valence-electron chi connectivity index (χ4n) is 3.26. The SMILES string of the molecule is C=c1[nH]n(-c2ccccc2)c(=O)/c1=C\c1cc(OC)c(OCc2ccccc2F)cc1Br. The van der Waals surface area contributed by atoms with Crippen molar-refractivity contribution in [2.24, 2.45) is 0 Å². The Morgan fingerprint density at radius 2 is 1.81 bits per heavy atom. The van der Waals surface area contributed by atoms with Gasteiger partial charge in [-0.3, -0.25) is 9.89 Å². The van der Waals surface area contributed by atoms with E-state index in [9.17, 15) is 9.18 Å². The van der Waals surface area contributed by atoms with E-state index in [1.54, 1.807) is 36.4 Å². The zero-order valence-electron chi connectivity index (χ0n) is 17.3. The van der Waals surface area contributed by atoms with Gasteiger partial charge >= 0.3 is 0 Å². The standard InChI is InChI=1S/C25H20BrFN2O3/c1-16-20(25(30)29(28-16)19-9-4-3-5-10-19)12-18-13-23(31-2)24(14-21(18)26)32-15-17-8-6-7-11-22(17)27/h3-14,28H,1,15H2,2H3/b20-12-. The van der Waals surface area contributed by atoms with Gasteiger partial charge in [0.25, 0.3) is 5.56 Å². The van der Waals surface area contributed by atoms with Crippen molar-refractivity contribution in [2.45, 2.75) is 6.61 Å². The van der Waals surface area contributed by atoms with Crippen LogP contribution in [0.15, 0.2) is 76.0 Å². The van der Waals surface area contributed by atoms with Gasteiger partial charge < -0.3 is 9.47 Å². The first kappa shape index (κ1) is 21.6. The van der Waals surface area contributed by atoms with Crippen molar-refractivity contribution in [2.75, 3.05) is 7.11 Å². The van der Waals surface area contributed by atoms with E-state index in [2.05, 4.69) is 27.6 Å². The highest BCUT2D eigenvalue weighted by atomic mass is 79.9. The predicted octanol–water partition coefficient (Wildman–Crippen LogP) is 3.89. The van der Waals surface area contributed by atoms with Gasteiger partial charge in [0.1, 0.15) is 12.4 Å². The second kappa shape index (κ2) is 9.28. The number of nitrogens with zero attached hydrogens (tertiary/aromatic N) is 1. The molecule has 0 aliphatic carbocycles. The van der Waals surface area contributed by atoms with Crippen molar-refractivity contribution in [1.29, 1.82) is 0 Å². The number of methoxy groups -OCH3 is 1. The second-order valence-corrected chi connectivity index (χ2v) is 7.88. The maximum atomic E-state index is 13.9. The second-order valence-electron chi connectivity index (χ2n) is 7.03. The third-order valence-corrected chi connectivity index (χ3v) is 5.63. The minimum absolute atomic E-state index is 0.0567. The van der Waals surface area contributed by atoms with Gasteiger partial charge in [-0.05, 0) is 42.0 Å². The molecule has 0 aliphatic rings. The Bertz CT molecular complexity index is 1430. The Labute approximate surface area is 192 Å². The Balaban J connectivity index is 1.71. The van der Waals surface area contributed by atoms with E-state index >= 15 is 0 Å². The summed E-state index contributed by atoms with van der Waals surface area (Å²) in [6, 6.07) is 19.2. The van der Waals surface area contributed by atoms with Crippen LogP contribution < -0.4 is 25.6 Å². The lowest BCUT2D eigenvalue weighted by molar-refractivity contribution is 0.279. The summed E-state index contributed by atoms with van der Waals surface area (Å²) in [6.45, 7) is 4.03. The molecule has 0 saturated carbocycles. The fourth-order valence-corrected chi connectivity index (χ4v) is 3.70. The molecule has 0 radical (unpaired) electrons. The molecule has 0 fully saturated rings. The molecular formula is C25H20BrFN2O3. The number of aromatic amines is 1. The van der Waals surface area contributed by atoms with Crippen LogP contribution >= 0.6 is 15.9 Å². The first-order valence-electron chi connectivity index (χ1n) is 9.79. The van der Waals surface area contributed by atoms with E-state index in [-0.39, 0.29) is 18.0 Å². The Kier molecular flexibility index (Phi) is 6.28. The summed E-state index contributed by atoms with van der Waals surface area (Å²) in [4.78, 5) is 13.0. The number of ether oxygens (including phenoxy) is 2. The Morgan fingerprint density at radius 3 is 2.53 bits per heavy atom. The summed E-state index contributed by atoms with van der Waals surface area (Å²) in [5, 5.41) is 3.93. The van der Waals surface area contributed by atoms with Gasteiger partial charge in [-0.1, -0.05) is 58.9 Å². The highest BCUT2D eigenvalue weighted by Crippen LogP contribution is 2.34. The molecule has 162 valence electrons. The highest BCUT2D eigenvalue weighted by Gasteiger charge is 2.12. The molecule has 7 heteroatoms. The maximum absolute atomic E-state index is 13.9. The van der Waals surface area contributed by atoms with Crippen LogP contribution in [0.4, 0.5) is 4.39 Å². The van der Waals surface area contributed by atoms with Gasteiger partial charge in [0.05, 0.1) is 23.4 Å². The summed E-state index contributed by atoms with van der Waals surface area (Å²) in [7, 11) is 1.52. The monoisotopic (exact) mass is 494 g/mol. The average molecular weight is 495 g/mol. The minimum atomic E-state index is -0.333. The van der Waals surface area contributed by atoms with E-state index in [4.69, 9.17) is 9.47 Å². The number of hydrogen-bond donors (Lipinski definition) is 1. The number of hydrogen-bond acceptors (Lipinski definition) is 3. The Morgan fingerprint density at radius 1 is 1.09 bits per heavy atom. The molecular weight excluding hydrogens is 475 g/mol. The molecule has 4 rings (SSSR count). The van der Waals surface area contributed by atoms with Crippen LogP contribution in [-0.2, 0) is 6.61 Å². The lowest BCUT2D eigenvalue weighted by Gasteiger charge is -2.13. The lowest BCUT2D eigenvalue weighted by atomic mass is 10.1. The van der Waals surface area contributed by atoms with Gasteiger partial charge in [0, 0.05) is 10.0 Å². The minimum Gasteiger partial charge on any atom is -0.493 e. The number of aromatic nitrogens is 2. The van der Waals surface area contributed by atoms with Crippen LogP contribution in [0.3, 0.4) is 0 Å². The number of benzene rings is 3. The van der Waals surface area contributed by atoms with E-state index < -0.39 is 0 Å². The summed E-state index contributed by atoms with van der Waals surface area (Å²) >= 11 is 3.53. The average Bonchev–Trinajstić information content (AvgIpc) is 3.08. The molecule has 0 atom stereocenters. The fraction of sp³-hybridized carbons (Fsp3) is 0.0800. The summed E-state index contributed by atoms with van der Waals surface area (Å²) in [5.41, 5.74) is 1.65. The van der Waals surface area contributed by atoms with Crippen molar-refractivity contribution >= 4 is 28.6 Å². The predicted molar refractivity (Wildman–Crippen MR) is 126 cm³/mol. The van der Waals surface area contributed by atoms with Crippen molar-refractivity contribution in [3.63, 3.8) is 0 Å². The molecule has 4 aromatic rings. The first-order chi connectivity index (χ1) is 15.5. The summed E-state index contributed by atoms with van der Waals surface area (Å²) < 4.78 is 27.3. The van der Waals surface area contributed by atoms with E-state index in [0.29, 0.717) is 37.7 Å². The van der Waals surface area contributed by atoms with Crippen LogP contribution in [0.5, 0.6) is 11.5 Å². The number of rotatable bonds is 6. The number of nitrogens with one attached hydrogen (secondary N) is 1. The van der Waals surface area contributed by atoms with Crippen LogP contribution in [0.2, 0.25) is 0 Å².